The van der Waals surface area contributed by atoms with E-state index in [1.54, 1.807) is 23.5 Å². The highest BCUT2D eigenvalue weighted by atomic mass is 32.1. The van der Waals surface area contributed by atoms with Gasteiger partial charge in [0, 0.05) is 6.04 Å². The van der Waals surface area contributed by atoms with Crippen molar-refractivity contribution in [2.24, 2.45) is 0 Å². The fourth-order valence-electron chi connectivity index (χ4n) is 2.17. The van der Waals surface area contributed by atoms with Gasteiger partial charge in [-0.05, 0) is 59.5 Å². The highest BCUT2D eigenvalue weighted by molar-refractivity contribution is 7.07. The van der Waals surface area contributed by atoms with Crippen LogP contribution >= 0.6 is 11.3 Å². The van der Waals surface area contributed by atoms with Gasteiger partial charge in [-0.15, -0.1) is 0 Å². The molecule has 2 nitrogen and oxygen atoms in total. The Morgan fingerprint density at radius 1 is 1.35 bits per heavy atom. The zero-order valence-electron chi connectivity index (χ0n) is 11.9. The normalized spacial score (nSPS) is 12.3. The van der Waals surface area contributed by atoms with E-state index in [1.165, 1.54) is 12.7 Å². The first-order chi connectivity index (χ1) is 9.74. The van der Waals surface area contributed by atoms with E-state index in [-0.39, 0.29) is 11.9 Å². The van der Waals surface area contributed by atoms with Crippen molar-refractivity contribution in [3.63, 3.8) is 0 Å². The Kier molecular flexibility index (Phi) is 5.56. The Morgan fingerprint density at radius 2 is 2.20 bits per heavy atom. The summed E-state index contributed by atoms with van der Waals surface area (Å²) in [6, 6.07) is 7.53. The van der Waals surface area contributed by atoms with Crippen LogP contribution in [0.2, 0.25) is 0 Å². The van der Waals surface area contributed by atoms with E-state index in [1.807, 2.05) is 6.07 Å². The van der Waals surface area contributed by atoms with Crippen LogP contribution in [-0.2, 0) is 6.42 Å². The lowest BCUT2D eigenvalue weighted by Crippen LogP contribution is -2.23. The molecule has 0 fully saturated rings. The van der Waals surface area contributed by atoms with Crippen molar-refractivity contribution < 1.29 is 9.13 Å². The molecule has 1 aromatic carbocycles. The molecule has 0 aliphatic heterocycles. The van der Waals surface area contributed by atoms with Gasteiger partial charge < -0.3 is 10.1 Å². The van der Waals surface area contributed by atoms with Gasteiger partial charge in [-0.25, -0.2) is 4.39 Å². The summed E-state index contributed by atoms with van der Waals surface area (Å²) in [5.41, 5.74) is 2.24. The van der Waals surface area contributed by atoms with Crippen LogP contribution < -0.4 is 10.1 Å². The Bertz CT molecular complexity index is 527. The maximum Gasteiger partial charge on any atom is 0.165 e. The molecule has 0 aliphatic carbocycles. The average molecular weight is 293 g/mol. The molecule has 1 N–H and O–H groups in total. The summed E-state index contributed by atoms with van der Waals surface area (Å²) in [5, 5.41) is 7.74. The first-order valence-electron chi connectivity index (χ1n) is 6.82. The second kappa shape index (κ2) is 7.41. The molecule has 0 saturated carbocycles. The molecule has 1 atom stereocenters. The molecular weight excluding hydrogens is 273 g/mol. The van der Waals surface area contributed by atoms with Crippen LogP contribution in [0.3, 0.4) is 0 Å². The number of halogens is 1. The fraction of sp³-hybridized carbons (Fsp3) is 0.375. The van der Waals surface area contributed by atoms with Crippen LogP contribution in [0.5, 0.6) is 5.75 Å². The fourth-order valence-corrected chi connectivity index (χ4v) is 2.89. The lowest BCUT2D eigenvalue weighted by molar-refractivity contribution is 0.386. The van der Waals surface area contributed by atoms with Gasteiger partial charge in [-0.3, -0.25) is 0 Å². The van der Waals surface area contributed by atoms with Crippen LogP contribution in [-0.4, -0.2) is 13.7 Å². The molecule has 0 bridgehead atoms. The van der Waals surface area contributed by atoms with Gasteiger partial charge in [-0.1, -0.05) is 13.0 Å². The SMILES string of the molecule is CCCNC(Cc1ccc(OC)c(F)c1)c1ccsc1. The minimum absolute atomic E-state index is 0.231. The molecule has 0 aliphatic rings. The summed E-state index contributed by atoms with van der Waals surface area (Å²) in [4.78, 5) is 0. The Labute approximate surface area is 123 Å². The molecule has 0 radical (unpaired) electrons. The summed E-state index contributed by atoms with van der Waals surface area (Å²) in [5.74, 6) is -0.00749. The van der Waals surface area contributed by atoms with Crippen molar-refractivity contribution in [3.05, 3.63) is 52.0 Å². The predicted molar refractivity (Wildman–Crippen MR) is 82.0 cm³/mol. The van der Waals surface area contributed by atoms with Crippen molar-refractivity contribution in [2.45, 2.75) is 25.8 Å². The monoisotopic (exact) mass is 293 g/mol. The van der Waals surface area contributed by atoms with E-state index in [4.69, 9.17) is 4.74 Å². The number of nitrogens with one attached hydrogen (secondary N) is 1. The standard InChI is InChI=1S/C16H20FNOS/c1-3-7-18-15(13-6-8-20-11-13)10-12-4-5-16(19-2)14(17)9-12/h4-6,8-9,11,15,18H,3,7,10H2,1-2H3. The molecule has 0 spiro atoms. The minimum atomic E-state index is -0.301. The Morgan fingerprint density at radius 3 is 2.80 bits per heavy atom. The summed E-state index contributed by atoms with van der Waals surface area (Å²) < 4.78 is 18.7. The van der Waals surface area contributed by atoms with Crippen molar-refractivity contribution in [3.8, 4) is 5.75 Å². The van der Waals surface area contributed by atoms with Gasteiger partial charge in [0.1, 0.15) is 0 Å². The second-order valence-corrected chi connectivity index (χ2v) is 5.52. The van der Waals surface area contributed by atoms with Gasteiger partial charge in [0.05, 0.1) is 7.11 Å². The molecule has 2 rings (SSSR count). The molecule has 1 unspecified atom stereocenters. The van der Waals surface area contributed by atoms with Gasteiger partial charge in [0.2, 0.25) is 0 Å². The smallest absolute Gasteiger partial charge is 0.165 e. The maximum absolute atomic E-state index is 13.8. The van der Waals surface area contributed by atoms with E-state index >= 15 is 0 Å². The molecule has 108 valence electrons. The third-order valence-corrected chi connectivity index (χ3v) is 3.94. The van der Waals surface area contributed by atoms with Crippen molar-refractivity contribution in [1.29, 1.82) is 0 Å². The third kappa shape index (κ3) is 3.81. The van der Waals surface area contributed by atoms with Crippen LogP contribution in [0.15, 0.2) is 35.0 Å². The van der Waals surface area contributed by atoms with Crippen LogP contribution in [0.1, 0.15) is 30.5 Å². The number of rotatable bonds is 7. The molecule has 1 heterocycles. The largest absolute Gasteiger partial charge is 0.494 e. The van der Waals surface area contributed by atoms with Crippen LogP contribution in [0.4, 0.5) is 4.39 Å². The zero-order chi connectivity index (χ0) is 14.4. The topological polar surface area (TPSA) is 21.3 Å². The molecular formula is C16H20FNOS. The molecule has 0 amide bonds. The number of hydrogen-bond donors (Lipinski definition) is 1. The summed E-state index contributed by atoms with van der Waals surface area (Å²) >= 11 is 1.69. The lowest BCUT2D eigenvalue weighted by atomic mass is 10.0. The molecule has 0 saturated heterocycles. The molecule has 4 heteroatoms. The van der Waals surface area contributed by atoms with E-state index < -0.39 is 0 Å². The molecule has 2 aromatic rings. The van der Waals surface area contributed by atoms with Crippen LogP contribution in [0, 0.1) is 5.82 Å². The quantitative estimate of drug-likeness (QED) is 0.827. The summed E-state index contributed by atoms with van der Waals surface area (Å²) in [6.45, 7) is 3.10. The molecule has 20 heavy (non-hydrogen) atoms. The van der Waals surface area contributed by atoms with Crippen molar-refractivity contribution in [2.75, 3.05) is 13.7 Å². The maximum atomic E-state index is 13.8. The Hall–Kier alpha value is -1.39. The highest BCUT2D eigenvalue weighted by Crippen LogP contribution is 2.24. The zero-order valence-corrected chi connectivity index (χ0v) is 12.7. The predicted octanol–water partition coefficient (Wildman–Crippen LogP) is 4.18. The first-order valence-corrected chi connectivity index (χ1v) is 7.76. The van der Waals surface area contributed by atoms with Gasteiger partial charge in [0.15, 0.2) is 11.6 Å². The van der Waals surface area contributed by atoms with Gasteiger partial charge in [-0.2, -0.15) is 11.3 Å². The average Bonchev–Trinajstić information content (AvgIpc) is 2.97. The number of hydrogen-bond acceptors (Lipinski definition) is 3. The first kappa shape index (κ1) is 15.0. The van der Waals surface area contributed by atoms with E-state index in [2.05, 4.69) is 29.1 Å². The van der Waals surface area contributed by atoms with Crippen molar-refractivity contribution >= 4 is 11.3 Å². The number of thiophene rings is 1. The number of benzene rings is 1. The molecule has 1 aromatic heterocycles. The van der Waals surface area contributed by atoms with E-state index in [0.29, 0.717) is 5.75 Å². The van der Waals surface area contributed by atoms with E-state index in [0.717, 1.165) is 24.9 Å². The van der Waals surface area contributed by atoms with Gasteiger partial charge >= 0.3 is 0 Å². The lowest BCUT2D eigenvalue weighted by Gasteiger charge is -2.18. The number of methoxy groups -OCH3 is 1. The van der Waals surface area contributed by atoms with Gasteiger partial charge in [0.25, 0.3) is 0 Å². The summed E-state index contributed by atoms with van der Waals surface area (Å²) in [6.07, 6.45) is 1.86. The third-order valence-electron chi connectivity index (χ3n) is 3.24. The number of ether oxygens (including phenoxy) is 1. The Balaban J connectivity index is 2.13. The van der Waals surface area contributed by atoms with Crippen LogP contribution in [0.25, 0.3) is 0 Å². The minimum Gasteiger partial charge on any atom is -0.494 e. The van der Waals surface area contributed by atoms with E-state index in [9.17, 15) is 4.39 Å². The second-order valence-electron chi connectivity index (χ2n) is 4.74. The van der Waals surface area contributed by atoms with Crippen molar-refractivity contribution in [1.82, 2.24) is 5.32 Å². The highest BCUT2D eigenvalue weighted by Gasteiger charge is 2.13. The summed E-state index contributed by atoms with van der Waals surface area (Å²) in [7, 11) is 1.48.